The number of hydrogen-bond donors (Lipinski definition) is 0. The van der Waals surface area contributed by atoms with Crippen LogP contribution in [0.2, 0.25) is 0 Å². The minimum absolute atomic E-state index is 0.309. The summed E-state index contributed by atoms with van der Waals surface area (Å²) in [7, 11) is 1.40. The van der Waals surface area contributed by atoms with Crippen LogP contribution in [0.5, 0.6) is 0 Å². The number of esters is 1. The van der Waals surface area contributed by atoms with Crippen LogP contribution >= 0.6 is 11.3 Å². The van der Waals surface area contributed by atoms with E-state index in [1.165, 1.54) is 39.2 Å². The van der Waals surface area contributed by atoms with Crippen molar-refractivity contribution in [3.8, 4) is 0 Å². The zero-order valence-electron chi connectivity index (χ0n) is 9.78. The first-order chi connectivity index (χ1) is 7.72. The van der Waals surface area contributed by atoms with E-state index in [-0.39, 0.29) is 5.97 Å². The standard InChI is InChI=1S/C12H17NO2S/c1-8-10(12(14)15-2)13-11(16-8)9-6-4-3-5-7-9/h9H,3-7H2,1-2H3. The zero-order valence-corrected chi connectivity index (χ0v) is 10.6. The number of aromatic nitrogens is 1. The molecule has 1 fully saturated rings. The minimum atomic E-state index is -0.309. The van der Waals surface area contributed by atoms with Crippen LogP contribution in [0.3, 0.4) is 0 Å². The number of carbonyl (C=O) groups is 1. The van der Waals surface area contributed by atoms with Gasteiger partial charge in [-0.1, -0.05) is 19.3 Å². The third-order valence-electron chi connectivity index (χ3n) is 3.15. The Hall–Kier alpha value is -0.900. The lowest BCUT2D eigenvalue weighted by Gasteiger charge is -2.18. The molecule has 0 amide bonds. The first-order valence-electron chi connectivity index (χ1n) is 5.78. The maximum atomic E-state index is 11.5. The van der Waals surface area contributed by atoms with Crippen LogP contribution in [0, 0.1) is 6.92 Å². The van der Waals surface area contributed by atoms with Crippen molar-refractivity contribution in [3.63, 3.8) is 0 Å². The molecular formula is C12H17NO2S. The number of carbonyl (C=O) groups excluding carboxylic acids is 1. The van der Waals surface area contributed by atoms with Gasteiger partial charge in [0.05, 0.1) is 12.1 Å². The summed E-state index contributed by atoms with van der Waals surface area (Å²) in [6, 6.07) is 0. The molecule has 1 aliphatic rings. The van der Waals surface area contributed by atoms with Crippen molar-refractivity contribution >= 4 is 17.3 Å². The Morgan fingerprint density at radius 2 is 2.06 bits per heavy atom. The highest BCUT2D eigenvalue weighted by atomic mass is 32.1. The van der Waals surface area contributed by atoms with Crippen LogP contribution in [0.4, 0.5) is 0 Å². The number of methoxy groups -OCH3 is 1. The van der Waals surface area contributed by atoms with E-state index in [0.717, 1.165) is 9.88 Å². The Kier molecular flexibility index (Phi) is 3.59. The minimum Gasteiger partial charge on any atom is -0.464 e. The molecule has 0 atom stereocenters. The molecule has 2 rings (SSSR count). The number of aryl methyl sites for hydroxylation is 1. The Morgan fingerprint density at radius 3 is 2.69 bits per heavy atom. The molecule has 1 aromatic heterocycles. The highest BCUT2D eigenvalue weighted by Gasteiger charge is 2.22. The molecule has 1 heterocycles. The van der Waals surface area contributed by atoms with Gasteiger partial charge in [-0.25, -0.2) is 9.78 Å². The second-order valence-corrected chi connectivity index (χ2v) is 5.52. The quantitative estimate of drug-likeness (QED) is 0.743. The molecule has 16 heavy (non-hydrogen) atoms. The summed E-state index contributed by atoms with van der Waals surface area (Å²) >= 11 is 1.65. The van der Waals surface area contributed by atoms with Crippen LogP contribution in [-0.4, -0.2) is 18.1 Å². The van der Waals surface area contributed by atoms with Crippen molar-refractivity contribution in [3.05, 3.63) is 15.6 Å². The monoisotopic (exact) mass is 239 g/mol. The van der Waals surface area contributed by atoms with Crippen LogP contribution in [0.1, 0.15) is 58.4 Å². The zero-order chi connectivity index (χ0) is 11.5. The first-order valence-corrected chi connectivity index (χ1v) is 6.59. The lowest BCUT2D eigenvalue weighted by Crippen LogP contribution is -2.06. The van der Waals surface area contributed by atoms with Gasteiger partial charge < -0.3 is 4.74 Å². The van der Waals surface area contributed by atoms with Crippen LogP contribution < -0.4 is 0 Å². The number of thiazole rings is 1. The van der Waals surface area contributed by atoms with Gasteiger partial charge in [0.25, 0.3) is 0 Å². The summed E-state index contributed by atoms with van der Waals surface area (Å²) in [5, 5.41) is 1.12. The van der Waals surface area contributed by atoms with E-state index in [9.17, 15) is 4.79 Å². The van der Waals surface area contributed by atoms with Gasteiger partial charge in [-0.2, -0.15) is 0 Å². The molecule has 0 aromatic carbocycles. The van der Waals surface area contributed by atoms with Gasteiger partial charge >= 0.3 is 5.97 Å². The largest absolute Gasteiger partial charge is 0.464 e. The Balaban J connectivity index is 2.19. The molecular weight excluding hydrogens is 222 g/mol. The van der Waals surface area contributed by atoms with E-state index in [1.54, 1.807) is 11.3 Å². The molecule has 0 aliphatic heterocycles. The molecule has 3 nitrogen and oxygen atoms in total. The topological polar surface area (TPSA) is 39.2 Å². The van der Waals surface area contributed by atoms with Gasteiger partial charge in [-0.15, -0.1) is 11.3 Å². The molecule has 0 N–H and O–H groups in total. The maximum absolute atomic E-state index is 11.5. The molecule has 1 saturated carbocycles. The van der Waals surface area contributed by atoms with Gasteiger partial charge in [-0.05, 0) is 19.8 Å². The van der Waals surface area contributed by atoms with Gasteiger partial charge in [0, 0.05) is 10.8 Å². The molecule has 0 unspecified atom stereocenters. The van der Waals surface area contributed by atoms with Gasteiger partial charge in [0.15, 0.2) is 5.69 Å². The van der Waals surface area contributed by atoms with Gasteiger partial charge in [0.2, 0.25) is 0 Å². The highest BCUT2D eigenvalue weighted by Crippen LogP contribution is 2.35. The second-order valence-electron chi connectivity index (χ2n) is 4.28. The van der Waals surface area contributed by atoms with E-state index in [4.69, 9.17) is 4.74 Å². The number of hydrogen-bond acceptors (Lipinski definition) is 4. The summed E-state index contributed by atoms with van der Waals surface area (Å²) in [5.41, 5.74) is 0.507. The molecule has 1 aromatic rings. The van der Waals surface area contributed by atoms with Gasteiger partial charge in [-0.3, -0.25) is 0 Å². The molecule has 0 spiro atoms. The van der Waals surface area contributed by atoms with E-state index in [0.29, 0.717) is 11.6 Å². The summed E-state index contributed by atoms with van der Waals surface area (Å²) in [4.78, 5) is 16.9. The van der Waals surface area contributed by atoms with Gasteiger partial charge in [0.1, 0.15) is 0 Å². The molecule has 0 bridgehead atoms. The van der Waals surface area contributed by atoms with Crippen LogP contribution in [0.15, 0.2) is 0 Å². The van der Waals surface area contributed by atoms with Crippen molar-refractivity contribution in [1.29, 1.82) is 0 Å². The lowest BCUT2D eigenvalue weighted by molar-refractivity contribution is 0.0594. The fourth-order valence-electron chi connectivity index (χ4n) is 2.23. The summed E-state index contributed by atoms with van der Waals surface area (Å²) < 4.78 is 4.72. The highest BCUT2D eigenvalue weighted by molar-refractivity contribution is 7.12. The Bertz CT molecular complexity index is 380. The summed E-state index contributed by atoms with van der Waals surface area (Å²) in [6.07, 6.45) is 6.35. The number of nitrogens with zero attached hydrogens (tertiary/aromatic N) is 1. The predicted octanol–water partition coefficient (Wildman–Crippen LogP) is 3.29. The Morgan fingerprint density at radius 1 is 1.38 bits per heavy atom. The lowest BCUT2D eigenvalue weighted by atomic mass is 9.90. The van der Waals surface area contributed by atoms with Crippen molar-refractivity contribution < 1.29 is 9.53 Å². The molecule has 88 valence electrons. The van der Waals surface area contributed by atoms with E-state index < -0.39 is 0 Å². The van der Waals surface area contributed by atoms with Crippen molar-refractivity contribution in [1.82, 2.24) is 4.98 Å². The third kappa shape index (κ3) is 2.26. The normalized spacial score (nSPS) is 17.4. The van der Waals surface area contributed by atoms with Crippen molar-refractivity contribution in [2.75, 3.05) is 7.11 Å². The molecule has 0 radical (unpaired) electrons. The van der Waals surface area contributed by atoms with Crippen LogP contribution in [-0.2, 0) is 4.74 Å². The average molecular weight is 239 g/mol. The first kappa shape index (κ1) is 11.6. The van der Waals surface area contributed by atoms with Crippen molar-refractivity contribution in [2.45, 2.75) is 44.9 Å². The van der Waals surface area contributed by atoms with Crippen LogP contribution in [0.25, 0.3) is 0 Å². The predicted molar refractivity (Wildman–Crippen MR) is 64.0 cm³/mol. The second kappa shape index (κ2) is 4.95. The molecule has 0 saturated heterocycles. The Labute approximate surface area is 99.8 Å². The SMILES string of the molecule is COC(=O)c1nc(C2CCCCC2)sc1C. The third-order valence-corrected chi connectivity index (χ3v) is 4.28. The van der Waals surface area contributed by atoms with E-state index >= 15 is 0 Å². The van der Waals surface area contributed by atoms with E-state index in [2.05, 4.69) is 4.98 Å². The number of rotatable bonds is 2. The fraction of sp³-hybridized carbons (Fsp3) is 0.667. The molecule has 4 heteroatoms. The summed E-state index contributed by atoms with van der Waals surface area (Å²) in [6.45, 7) is 1.94. The number of ether oxygens (including phenoxy) is 1. The average Bonchev–Trinajstić information content (AvgIpc) is 2.71. The van der Waals surface area contributed by atoms with Crippen molar-refractivity contribution in [2.24, 2.45) is 0 Å². The smallest absolute Gasteiger partial charge is 0.357 e. The van der Waals surface area contributed by atoms with E-state index in [1.807, 2.05) is 6.92 Å². The maximum Gasteiger partial charge on any atom is 0.357 e. The molecule has 1 aliphatic carbocycles. The fourth-order valence-corrected chi connectivity index (χ4v) is 3.31. The summed E-state index contributed by atoms with van der Waals surface area (Å²) in [5.74, 6) is 0.256.